The zero-order chi connectivity index (χ0) is 15.9. The normalized spacial score (nSPS) is 21.1. The van der Waals surface area contributed by atoms with Gasteiger partial charge in [0.05, 0.1) is 0 Å². The van der Waals surface area contributed by atoms with Crippen LogP contribution in [0.5, 0.6) is 0 Å². The molecule has 122 valence electrons. The molecule has 0 unspecified atom stereocenters. The van der Waals surface area contributed by atoms with E-state index in [0.717, 1.165) is 39.0 Å². The summed E-state index contributed by atoms with van der Waals surface area (Å²) in [6, 6.07) is 8.87. The van der Waals surface area contributed by atoms with Crippen LogP contribution in [0.4, 0.5) is 4.79 Å². The van der Waals surface area contributed by atoms with Crippen LogP contribution in [0.25, 0.3) is 0 Å². The molecule has 1 aromatic carbocycles. The highest BCUT2D eigenvalue weighted by Gasteiger charge is 2.33. The summed E-state index contributed by atoms with van der Waals surface area (Å²) >= 11 is 0. The van der Waals surface area contributed by atoms with Crippen molar-refractivity contribution < 1.29 is 9.53 Å². The summed E-state index contributed by atoms with van der Waals surface area (Å²) in [5.74, 6) is 0.454. The Morgan fingerprint density at radius 2 is 2.14 bits per heavy atom. The number of urea groups is 1. The lowest BCUT2D eigenvalue weighted by atomic mass is 9.93. The monoisotopic (exact) mass is 304 g/mol. The average Bonchev–Trinajstić information content (AvgIpc) is 2.89. The van der Waals surface area contributed by atoms with E-state index < -0.39 is 0 Å². The van der Waals surface area contributed by atoms with E-state index in [0.29, 0.717) is 12.0 Å². The molecule has 1 aliphatic heterocycles. The molecular weight excluding hydrogens is 276 g/mol. The highest BCUT2D eigenvalue weighted by molar-refractivity contribution is 5.75. The van der Waals surface area contributed by atoms with Gasteiger partial charge in [-0.3, -0.25) is 0 Å². The molecule has 0 aromatic heterocycles. The number of unbranched alkanes of at least 4 members (excludes halogenated alkanes) is 1. The van der Waals surface area contributed by atoms with E-state index in [1.165, 1.54) is 11.1 Å². The van der Waals surface area contributed by atoms with Gasteiger partial charge in [0.25, 0.3) is 0 Å². The summed E-state index contributed by atoms with van der Waals surface area (Å²) in [4.78, 5) is 14.3. The van der Waals surface area contributed by atoms with Gasteiger partial charge in [-0.25, -0.2) is 4.79 Å². The van der Waals surface area contributed by atoms with Crippen LogP contribution in [0.15, 0.2) is 24.3 Å². The van der Waals surface area contributed by atoms with Crippen LogP contribution in [0, 0.1) is 6.92 Å². The van der Waals surface area contributed by atoms with Crippen molar-refractivity contribution in [2.24, 2.45) is 0 Å². The molecule has 0 bridgehead atoms. The van der Waals surface area contributed by atoms with E-state index in [2.05, 4.69) is 43.4 Å². The van der Waals surface area contributed by atoms with Crippen molar-refractivity contribution in [2.75, 3.05) is 26.8 Å². The maximum absolute atomic E-state index is 12.3. The maximum atomic E-state index is 12.3. The molecule has 0 radical (unpaired) electrons. The van der Waals surface area contributed by atoms with Crippen LogP contribution >= 0.6 is 0 Å². The molecule has 0 spiro atoms. The van der Waals surface area contributed by atoms with Gasteiger partial charge in [-0.2, -0.15) is 0 Å². The molecule has 4 nitrogen and oxygen atoms in total. The van der Waals surface area contributed by atoms with Gasteiger partial charge in [0.2, 0.25) is 0 Å². The van der Waals surface area contributed by atoms with Crippen molar-refractivity contribution in [3.63, 3.8) is 0 Å². The number of ether oxygens (including phenoxy) is 1. The number of nitrogens with one attached hydrogen (secondary N) is 1. The predicted octanol–water partition coefficient (Wildman–Crippen LogP) is 3.31. The fourth-order valence-corrected chi connectivity index (χ4v) is 3.25. The highest BCUT2D eigenvalue weighted by Crippen LogP contribution is 2.33. The van der Waals surface area contributed by atoms with E-state index in [4.69, 9.17) is 4.74 Å². The van der Waals surface area contributed by atoms with Gasteiger partial charge >= 0.3 is 6.03 Å². The molecule has 1 saturated heterocycles. The smallest absolute Gasteiger partial charge is 0.317 e. The van der Waals surface area contributed by atoms with Crippen molar-refractivity contribution in [2.45, 2.75) is 45.1 Å². The van der Waals surface area contributed by atoms with Gasteiger partial charge in [0.1, 0.15) is 0 Å². The topological polar surface area (TPSA) is 41.6 Å². The molecule has 22 heavy (non-hydrogen) atoms. The second kappa shape index (κ2) is 8.18. The average molecular weight is 304 g/mol. The van der Waals surface area contributed by atoms with Gasteiger partial charge in [0.15, 0.2) is 0 Å². The number of nitrogens with zero attached hydrogens (tertiary/aromatic N) is 1. The van der Waals surface area contributed by atoms with Crippen LogP contribution in [-0.2, 0) is 4.74 Å². The Labute approximate surface area is 133 Å². The van der Waals surface area contributed by atoms with Crippen molar-refractivity contribution in [3.8, 4) is 0 Å². The minimum Gasteiger partial charge on any atom is -0.385 e. The van der Waals surface area contributed by atoms with E-state index in [-0.39, 0.29) is 6.03 Å². The first-order valence-corrected chi connectivity index (χ1v) is 8.22. The van der Waals surface area contributed by atoms with Gasteiger partial charge in [-0.15, -0.1) is 0 Å². The maximum Gasteiger partial charge on any atom is 0.317 e. The lowest BCUT2D eigenvalue weighted by Crippen LogP contribution is -2.42. The molecular formula is C18H28N2O2. The number of methoxy groups -OCH3 is 1. The molecule has 2 amide bonds. The Morgan fingerprint density at radius 1 is 1.36 bits per heavy atom. The molecule has 1 heterocycles. The van der Waals surface area contributed by atoms with E-state index in [9.17, 15) is 4.79 Å². The van der Waals surface area contributed by atoms with Gasteiger partial charge in [0, 0.05) is 38.8 Å². The number of hydrogen-bond acceptors (Lipinski definition) is 2. The Kier molecular flexibility index (Phi) is 6.25. The summed E-state index contributed by atoms with van der Waals surface area (Å²) in [5, 5.41) is 3.03. The van der Waals surface area contributed by atoms with E-state index >= 15 is 0 Å². The molecule has 1 N–H and O–H groups in total. The first-order valence-electron chi connectivity index (χ1n) is 8.22. The molecule has 2 rings (SSSR count). The summed E-state index contributed by atoms with van der Waals surface area (Å²) in [6.07, 6.45) is 2.99. The van der Waals surface area contributed by atoms with Gasteiger partial charge < -0.3 is 15.0 Å². The van der Waals surface area contributed by atoms with Crippen molar-refractivity contribution >= 4 is 6.03 Å². The molecule has 0 aliphatic carbocycles. The third-order valence-electron chi connectivity index (χ3n) is 4.52. The number of benzene rings is 1. The second-order valence-electron chi connectivity index (χ2n) is 6.22. The van der Waals surface area contributed by atoms with Crippen LogP contribution in [0.1, 0.15) is 43.2 Å². The summed E-state index contributed by atoms with van der Waals surface area (Å²) in [6.45, 7) is 6.59. The van der Waals surface area contributed by atoms with Crippen molar-refractivity contribution in [1.82, 2.24) is 10.2 Å². The quantitative estimate of drug-likeness (QED) is 0.819. The molecule has 4 heteroatoms. The van der Waals surface area contributed by atoms with Crippen LogP contribution in [0.2, 0.25) is 0 Å². The largest absolute Gasteiger partial charge is 0.385 e. The molecule has 1 aliphatic rings. The number of likely N-dealkylation sites (tertiary alicyclic amines) is 1. The lowest BCUT2D eigenvalue weighted by Gasteiger charge is -2.22. The van der Waals surface area contributed by atoms with E-state index in [1.807, 2.05) is 4.90 Å². The molecule has 1 fully saturated rings. The minimum atomic E-state index is 0.0704. The minimum absolute atomic E-state index is 0.0704. The molecule has 0 saturated carbocycles. The fourth-order valence-electron chi connectivity index (χ4n) is 3.25. The standard InChI is InChI=1S/C18H28N2O2/c1-14-8-4-5-9-17(14)16-12-15(2)20(13-16)18(21)19-10-6-7-11-22-3/h4-5,8-9,15-16H,6-7,10-13H2,1-3H3,(H,19,21)/t15-,16+/m0/s1. The Bertz CT molecular complexity index is 490. The number of carbonyl (C=O) groups is 1. The molecule has 1 aromatic rings. The van der Waals surface area contributed by atoms with Crippen LogP contribution in [0.3, 0.4) is 0 Å². The zero-order valence-corrected chi connectivity index (χ0v) is 14.0. The number of hydrogen-bond donors (Lipinski definition) is 1. The van der Waals surface area contributed by atoms with Gasteiger partial charge in [-0.1, -0.05) is 24.3 Å². The number of amides is 2. The third kappa shape index (κ3) is 4.23. The fraction of sp³-hybridized carbons (Fsp3) is 0.611. The third-order valence-corrected chi connectivity index (χ3v) is 4.52. The second-order valence-corrected chi connectivity index (χ2v) is 6.22. The Morgan fingerprint density at radius 3 is 2.86 bits per heavy atom. The van der Waals surface area contributed by atoms with Crippen molar-refractivity contribution in [1.29, 1.82) is 0 Å². The first kappa shape index (κ1) is 16.8. The number of carbonyl (C=O) groups excluding carboxylic acids is 1. The SMILES string of the molecule is COCCCCNC(=O)N1C[C@H](c2ccccc2C)C[C@@H]1C. The number of aryl methyl sites for hydroxylation is 1. The summed E-state index contributed by atoms with van der Waals surface area (Å²) in [5.41, 5.74) is 2.70. The number of rotatable bonds is 6. The Hall–Kier alpha value is -1.55. The first-order chi connectivity index (χ1) is 10.6. The van der Waals surface area contributed by atoms with Crippen LogP contribution < -0.4 is 5.32 Å². The molecule has 2 atom stereocenters. The summed E-state index contributed by atoms with van der Waals surface area (Å²) in [7, 11) is 1.70. The van der Waals surface area contributed by atoms with Crippen LogP contribution in [-0.4, -0.2) is 43.8 Å². The zero-order valence-electron chi connectivity index (χ0n) is 14.0. The lowest BCUT2D eigenvalue weighted by molar-refractivity contribution is 0.187. The van der Waals surface area contributed by atoms with E-state index in [1.54, 1.807) is 7.11 Å². The Balaban J connectivity index is 1.85. The predicted molar refractivity (Wildman–Crippen MR) is 89.2 cm³/mol. The van der Waals surface area contributed by atoms with Gasteiger partial charge in [-0.05, 0) is 44.2 Å². The highest BCUT2D eigenvalue weighted by atomic mass is 16.5. The summed E-state index contributed by atoms with van der Waals surface area (Å²) < 4.78 is 5.02. The van der Waals surface area contributed by atoms with Crippen molar-refractivity contribution in [3.05, 3.63) is 35.4 Å².